The highest BCUT2D eigenvalue weighted by Crippen LogP contribution is 2.36. The van der Waals surface area contributed by atoms with E-state index in [-0.39, 0.29) is 6.32 Å². The molecule has 0 spiro atoms. The van der Waals surface area contributed by atoms with Crippen molar-refractivity contribution in [3.05, 3.63) is 55.4 Å². The second kappa shape index (κ2) is 11.1. The zero-order valence-electron chi connectivity index (χ0n) is 17.6. The van der Waals surface area contributed by atoms with E-state index in [9.17, 15) is 8.42 Å². The first kappa shape index (κ1) is 23.8. The van der Waals surface area contributed by atoms with E-state index in [1.54, 1.807) is 36.4 Å². The van der Waals surface area contributed by atoms with Gasteiger partial charge in [0.2, 0.25) is 0 Å². The third-order valence-corrected chi connectivity index (χ3v) is 6.61. The molecule has 1 saturated heterocycles. The van der Waals surface area contributed by atoms with E-state index < -0.39 is 10.0 Å². The predicted octanol–water partition coefficient (Wildman–Crippen LogP) is 4.71. The summed E-state index contributed by atoms with van der Waals surface area (Å²) in [5, 5.41) is 0.526. The van der Waals surface area contributed by atoms with Crippen molar-refractivity contribution in [2.75, 3.05) is 35.9 Å². The Bertz CT molecular complexity index is 1050. The highest BCUT2D eigenvalue weighted by Gasteiger charge is 2.21. The molecular weight excluding hydrogens is 420 g/mol. The Morgan fingerprint density at radius 2 is 1.77 bits per heavy atom. The van der Waals surface area contributed by atoms with Crippen molar-refractivity contribution in [3.8, 4) is 0 Å². The van der Waals surface area contributed by atoms with Crippen LogP contribution in [-0.2, 0) is 14.8 Å². The number of hydrogen-bond acceptors (Lipinski definition) is 7. The van der Waals surface area contributed by atoms with Gasteiger partial charge >= 0.3 is 0 Å². The van der Waals surface area contributed by atoms with E-state index in [1.807, 2.05) is 20.8 Å². The molecule has 164 valence electrons. The van der Waals surface area contributed by atoms with Gasteiger partial charge in [-0.3, -0.25) is 4.72 Å². The molecular formula is C21H30N4O3S2. The molecule has 1 N–H and O–H groups in total. The Morgan fingerprint density at radius 1 is 1.13 bits per heavy atom. The molecule has 1 fully saturated rings. The first-order valence-corrected chi connectivity index (χ1v) is 12.0. The molecule has 1 aromatic carbocycles. The van der Waals surface area contributed by atoms with Gasteiger partial charge in [-0.2, -0.15) is 0 Å². The topological polar surface area (TPSA) is 84.4 Å². The minimum Gasteiger partial charge on any atom is -0.378 e. The Labute approximate surface area is 184 Å². The van der Waals surface area contributed by atoms with Crippen molar-refractivity contribution in [1.29, 1.82) is 0 Å². The zero-order chi connectivity index (χ0) is 22.1. The average Bonchev–Trinajstić information content (AvgIpc) is 3.18. The van der Waals surface area contributed by atoms with Gasteiger partial charge < -0.3 is 9.64 Å². The van der Waals surface area contributed by atoms with Crippen LogP contribution in [0.25, 0.3) is 10.2 Å². The van der Waals surface area contributed by atoms with Crippen molar-refractivity contribution < 1.29 is 14.6 Å². The molecule has 30 heavy (non-hydrogen) atoms. The van der Waals surface area contributed by atoms with Gasteiger partial charge in [0.15, 0.2) is 5.82 Å². The summed E-state index contributed by atoms with van der Waals surface area (Å²) in [4.78, 5) is 11.4. The summed E-state index contributed by atoms with van der Waals surface area (Å²) >= 11 is 1.35. The van der Waals surface area contributed by atoms with Crippen LogP contribution in [0.5, 0.6) is 0 Å². The lowest BCUT2D eigenvalue weighted by Gasteiger charge is -2.28. The second-order valence-electron chi connectivity index (χ2n) is 5.94. The highest BCUT2D eigenvalue weighted by molar-refractivity contribution is 7.93. The van der Waals surface area contributed by atoms with Crippen LogP contribution in [0.4, 0.5) is 10.8 Å². The fourth-order valence-corrected chi connectivity index (χ4v) is 5.18. The lowest BCUT2D eigenvalue weighted by atomic mass is 10.3. The molecule has 1 aliphatic rings. The summed E-state index contributed by atoms with van der Waals surface area (Å²) in [6.45, 7) is 14.7. The highest BCUT2D eigenvalue weighted by atomic mass is 32.2. The van der Waals surface area contributed by atoms with Crippen LogP contribution in [0.15, 0.2) is 54.5 Å². The number of benzene rings is 1. The molecule has 9 heteroatoms. The van der Waals surface area contributed by atoms with Crippen LogP contribution >= 0.6 is 11.3 Å². The molecule has 0 radical (unpaired) electrons. The van der Waals surface area contributed by atoms with Crippen molar-refractivity contribution in [1.82, 2.24) is 9.97 Å². The summed E-state index contributed by atoms with van der Waals surface area (Å²) in [5.41, 5.74) is 0.745. The summed E-state index contributed by atoms with van der Waals surface area (Å²) in [6.07, 6.45) is 0. The molecule has 0 amide bonds. The number of fused-ring (bicyclic) bond motifs is 1. The Balaban J connectivity index is 0.000000910. The van der Waals surface area contributed by atoms with E-state index in [0.717, 1.165) is 29.1 Å². The quantitative estimate of drug-likeness (QED) is 0.580. The number of morpholine rings is 1. The second-order valence-corrected chi connectivity index (χ2v) is 8.67. The maximum absolute atomic E-state index is 12.6. The van der Waals surface area contributed by atoms with Gasteiger partial charge in [-0.1, -0.05) is 32.0 Å². The largest absolute Gasteiger partial charge is 0.378 e. The number of aromatic nitrogens is 2. The van der Waals surface area contributed by atoms with Crippen molar-refractivity contribution in [2.24, 2.45) is 0 Å². The standard InChI is InChI=1S/C17H18N4O3S2.C2H6.C2H4.H2/c1-12-18-14-11-15(20-26(22,23)13-5-3-2-4-6-13)25-16(14)17(19-12)21-7-9-24-10-8-21;2*1-2;/h2-6,11,20H,7-10H2,1H3;1-2H3;1-2H2;1H. The third-order valence-electron chi connectivity index (χ3n) is 4.06. The number of nitrogens with zero attached hydrogens (tertiary/aromatic N) is 3. The van der Waals surface area contributed by atoms with Gasteiger partial charge in [0.25, 0.3) is 10.0 Å². The van der Waals surface area contributed by atoms with Crippen molar-refractivity contribution >= 4 is 42.4 Å². The third kappa shape index (κ3) is 5.56. The van der Waals surface area contributed by atoms with E-state index in [4.69, 9.17) is 4.74 Å². The number of hydrogen-bond donors (Lipinski definition) is 1. The fraction of sp³-hybridized carbons (Fsp3) is 0.333. The van der Waals surface area contributed by atoms with Crippen LogP contribution in [-0.4, -0.2) is 44.7 Å². The van der Waals surface area contributed by atoms with Gasteiger partial charge in [0.05, 0.1) is 28.3 Å². The van der Waals surface area contributed by atoms with Gasteiger partial charge in [0.1, 0.15) is 10.8 Å². The molecule has 2 aromatic heterocycles. The van der Waals surface area contributed by atoms with Gasteiger partial charge in [-0.25, -0.2) is 18.4 Å². The normalized spacial score (nSPS) is 13.6. The monoisotopic (exact) mass is 450 g/mol. The maximum atomic E-state index is 12.6. The Kier molecular flexibility index (Phi) is 8.76. The number of sulfonamides is 1. The molecule has 0 atom stereocenters. The van der Waals surface area contributed by atoms with Crippen molar-refractivity contribution in [3.63, 3.8) is 0 Å². The molecule has 0 aliphatic carbocycles. The molecule has 0 bridgehead atoms. The van der Waals surface area contributed by atoms with Crippen LogP contribution in [0.3, 0.4) is 0 Å². The number of thiophene rings is 1. The molecule has 3 heterocycles. The van der Waals surface area contributed by atoms with E-state index >= 15 is 0 Å². The molecule has 0 saturated carbocycles. The first-order chi connectivity index (χ1) is 14.5. The SMILES string of the molecule is C=C.CC.Cc1nc(N2CCOCC2)c2sc(NS(=O)(=O)c3ccccc3)cc2n1.[HH]. The lowest BCUT2D eigenvalue weighted by molar-refractivity contribution is 0.122. The average molecular weight is 451 g/mol. The minimum absolute atomic E-state index is 0. The number of ether oxygens (including phenoxy) is 1. The maximum Gasteiger partial charge on any atom is 0.262 e. The molecule has 4 rings (SSSR count). The van der Waals surface area contributed by atoms with Gasteiger partial charge in [-0.05, 0) is 25.1 Å². The van der Waals surface area contributed by atoms with Crippen LogP contribution < -0.4 is 9.62 Å². The van der Waals surface area contributed by atoms with Crippen LogP contribution in [0.1, 0.15) is 21.1 Å². The number of anilines is 2. The van der Waals surface area contributed by atoms with Crippen molar-refractivity contribution in [2.45, 2.75) is 25.7 Å². The number of rotatable bonds is 4. The summed E-state index contributed by atoms with van der Waals surface area (Å²) < 4.78 is 34.1. The van der Waals surface area contributed by atoms with Gasteiger partial charge in [-0.15, -0.1) is 24.5 Å². The zero-order valence-corrected chi connectivity index (χ0v) is 19.2. The molecule has 1 aliphatic heterocycles. The molecule has 7 nitrogen and oxygen atoms in total. The lowest BCUT2D eigenvalue weighted by Crippen LogP contribution is -2.36. The van der Waals surface area contributed by atoms with Crippen LogP contribution in [0.2, 0.25) is 0 Å². The van der Waals surface area contributed by atoms with E-state index in [1.165, 1.54) is 11.3 Å². The Morgan fingerprint density at radius 3 is 2.40 bits per heavy atom. The van der Waals surface area contributed by atoms with E-state index in [2.05, 4.69) is 32.7 Å². The Hall–Kier alpha value is -2.49. The fourth-order valence-electron chi connectivity index (χ4n) is 2.86. The smallest absolute Gasteiger partial charge is 0.262 e. The van der Waals surface area contributed by atoms with E-state index in [0.29, 0.717) is 24.0 Å². The number of aryl methyl sites for hydroxylation is 1. The van der Waals surface area contributed by atoms with Crippen LogP contribution in [0, 0.1) is 6.92 Å². The first-order valence-electron chi connectivity index (χ1n) is 9.72. The summed E-state index contributed by atoms with van der Waals surface area (Å²) in [5.74, 6) is 1.50. The minimum atomic E-state index is -3.63. The summed E-state index contributed by atoms with van der Waals surface area (Å²) in [6, 6.07) is 10.1. The van der Waals surface area contributed by atoms with Gasteiger partial charge in [0, 0.05) is 14.5 Å². The molecule has 3 aromatic rings. The summed E-state index contributed by atoms with van der Waals surface area (Å²) in [7, 11) is -3.63. The predicted molar refractivity (Wildman–Crippen MR) is 127 cm³/mol. The number of nitrogens with one attached hydrogen (secondary N) is 1. The molecule has 0 unspecified atom stereocenters.